The van der Waals surface area contributed by atoms with E-state index in [1.807, 2.05) is 4.90 Å². The first kappa shape index (κ1) is 54.6. The largest absolute Gasteiger partial charge is 0.466 e. The van der Waals surface area contributed by atoms with Crippen molar-refractivity contribution < 1.29 is 29.3 Å². The summed E-state index contributed by atoms with van der Waals surface area (Å²) in [4.78, 5) is 41.5. The number of aliphatic hydroxyl groups excluding tert-OH is 2. The lowest BCUT2D eigenvalue weighted by Crippen LogP contribution is -2.49. The van der Waals surface area contributed by atoms with Gasteiger partial charge in [-0.25, -0.2) is 0 Å². The van der Waals surface area contributed by atoms with Crippen molar-refractivity contribution in [2.24, 2.45) is 5.92 Å². The van der Waals surface area contributed by atoms with Gasteiger partial charge >= 0.3 is 5.97 Å². The third kappa shape index (κ3) is 35.8. The molecule has 0 aliphatic rings. The predicted octanol–water partition coefficient (Wildman–Crippen LogP) is 10.1. The van der Waals surface area contributed by atoms with E-state index in [4.69, 9.17) is 4.74 Å². The third-order valence-corrected chi connectivity index (χ3v) is 11.9. The van der Waals surface area contributed by atoms with Crippen molar-refractivity contribution >= 4 is 29.5 Å². The van der Waals surface area contributed by atoms with Crippen LogP contribution in [0.1, 0.15) is 207 Å². The first-order valence-corrected chi connectivity index (χ1v) is 24.8. The van der Waals surface area contributed by atoms with Gasteiger partial charge in [0.25, 0.3) is 0 Å². The highest BCUT2D eigenvalue weighted by atomic mass is 32.2. The second kappa shape index (κ2) is 43.2. The van der Waals surface area contributed by atoms with E-state index in [1.165, 1.54) is 109 Å². The number of hydrogen-bond acceptors (Lipinski definition) is 8. The number of rotatable bonds is 44. The number of nitrogens with one attached hydrogen (secondary N) is 2. The van der Waals surface area contributed by atoms with Gasteiger partial charge in [0, 0.05) is 31.3 Å². The highest BCUT2D eigenvalue weighted by Gasteiger charge is 2.25. The molecule has 0 bridgehead atoms. The molecule has 0 aromatic heterocycles. The molecule has 0 aliphatic heterocycles. The number of unbranched alkanes of at least 4 members (excludes halogenated alkanes) is 21. The van der Waals surface area contributed by atoms with E-state index in [1.54, 1.807) is 11.8 Å². The maximum absolute atomic E-state index is 13.7. The molecule has 0 saturated heterocycles. The Labute approximate surface area is 349 Å². The van der Waals surface area contributed by atoms with Crippen LogP contribution in [0.25, 0.3) is 0 Å². The molecule has 0 saturated carbocycles. The molecule has 0 aromatic carbocycles. The van der Waals surface area contributed by atoms with Crippen LogP contribution in [-0.2, 0) is 19.1 Å². The standard InChI is InChI=1S/C46H91N3O6S/c1-4-7-10-13-15-16-17-18-19-20-21-22-24-27-39-55-44(52)32-41-56-40-31-43(46(54)47-33-28-34-49(35-37-50)36-38-51)48-45(53)42(29-25-12-9-6-3)30-26-23-14-11-8-5-2/h42-43,50-51H,4-41H2,1-3H3,(H,47,54)(H,48,53). The van der Waals surface area contributed by atoms with Gasteiger partial charge in [0.2, 0.25) is 11.8 Å². The summed E-state index contributed by atoms with van der Waals surface area (Å²) < 4.78 is 5.50. The lowest BCUT2D eigenvalue weighted by molar-refractivity contribution is -0.143. The van der Waals surface area contributed by atoms with E-state index in [9.17, 15) is 24.6 Å². The number of amides is 2. The van der Waals surface area contributed by atoms with Crippen molar-refractivity contribution in [3.8, 4) is 0 Å². The molecule has 2 atom stereocenters. The van der Waals surface area contributed by atoms with Crippen LogP contribution in [0.2, 0.25) is 0 Å². The summed E-state index contributed by atoms with van der Waals surface area (Å²) >= 11 is 1.63. The molecule has 0 fully saturated rings. The van der Waals surface area contributed by atoms with E-state index in [-0.39, 0.29) is 36.9 Å². The fourth-order valence-electron chi connectivity index (χ4n) is 7.22. The van der Waals surface area contributed by atoms with E-state index in [0.29, 0.717) is 63.6 Å². The number of esters is 1. The Bertz CT molecular complexity index is 876. The van der Waals surface area contributed by atoms with Crippen LogP contribution in [0.3, 0.4) is 0 Å². The van der Waals surface area contributed by atoms with E-state index in [2.05, 4.69) is 31.4 Å². The fourth-order valence-corrected chi connectivity index (χ4v) is 8.14. The maximum atomic E-state index is 13.7. The summed E-state index contributed by atoms with van der Waals surface area (Å²) in [7, 11) is 0. The van der Waals surface area contributed by atoms with Crippen molar-refractivity contribution in [1.82, 2.24) is 15.5 Å². The average molecular weight is 814 g/mol. The zero-order valence-corrected chi connectivity index (χ0v) is 37.7. The smallest absolute Gasteiger partial charge is 0.306 e. The third-order valence-electron chi connectivity index (χ3n) is 10.9. The monoisotopic (exact) mass is 814 g/mol. The summed E-state index contributed by atoms with van der Waals surface area (Å²) in [5.41, 5.74) is 0. The summed E-state index contributed by atoms with van der Waals surface area (Å²) in [5.74, 6) is 0.858. The van der Waals surface area contributed by atoms with Gasteiger partial charge in [0.1, 0.15) is 6.04 Å². The van der Waals surface area contributed by atoms with Gasteiger partial charge in [0.15, 0.2) is 0 Å². The van der Waals surface area contributed by atoms with Crippen LogP contribution in [0.15, 0.2) is 0 Å². The molecule has 2 amide bonds. The summed E-state index contributed by atoms with van der Waals surface area (Å²) in [6, 6.07) is -0.629. The van der Waals surface area contributed by atoms with Crippen molar-refractivity contribution in [2.45, 2.75) is 213 Å². The Hall–Kier alpha value is -1.36. The number of aliphatic hydroxyl groups is 2. The average Bonchev–Trinajstić information content (AvgIpc) is 3.19. The first-order valence-electron chi connectivity index (χ1n) is 23.7. The second-order valence-corrected chi connectivity index (χ2v) is 17.3. The number of carbonyl (C=O) groups excluding carboxylic acids is 3. The van der Waals surface area contributed by atoms with Gasteiger partial charge in [-0.15, -0.1) is 0 Å². The van der Waals surface area contributed by atoms with Crippen LogP contribution in [0, 0.1) is 5.92 Å². The Balaban J connectivity index is 4.70. The topological polar surface area (TPSA) is 128 Å². The highest BCUT2D eigenvalue weighted by Crippen LogP contribution is 2.20. The second-order valence-electron chi connectivity index (χ2n) is 16.1. The Morgan fingerprint density at radius 1 is 0.554 bits per heavy atom. The van der Waals surface area contributed by atoms with Crippen LogP contribution in [0.5, 0.6) is 0 Å². The molecular formula is C46H91N3O6S. The lowest BCUT2D eigenvalue weighted by Gasteiger charge is -2.23. The quantitative estimate of drug-likeness (QED) is 0.0354. The van der Waals surface area contributed by atoms with Gasteiger partial charge in [-0.2, -0.15) is 11.8 Å². The minimum absolute atomic E-state index is 0.00986. The Kier molecular flexibility index (Phi) is 42.2. The summed E-state index contributed by atoms with van der Waals surface area (Å²) in [6.45, 7) is 9.30. The number of ether oxygens (including phenoxy) is 1. The molecule has 0 rings (SSSR count). The Morgan fingerprint density at radius 3 is 1.52 bits per heavy atom. The van der Waals surface area contributed by atoms with Crippen LogP contribution in [-0.4, -0.2) is 96.4 Å². The molecule has 0 spiro atoms. The van der Waals surface area contributed by atoms with E-state index >= 15 is 0 Å². The van der Waals surface area contributed by atoms with Gasteiger partial charge in [-0.05, 0) is 44.4 Å². The summed E-state index contributed by atoms with van der Waals surface area (Å²) in [6.07, 6.45) is 33.1. The van der Waals surface area contributed by atoms with E-state index in [0.717, 1.165) is 57.8 Å². The van der Waals surface area contributed by atoms with Crippen molar-refractivity contribution in [3.05, 3.63) is 0 Å². The number of nitrogens with zero attached hydrogens (tertiary/aromatic N) is 1. The highest BCUT2D eigenvalue weighted by molar-refractivity contribution is 7.99. The van der Waals surface area contributed by atoms with Gasteiger partial charge < -0.3 is 25.6 Å². The Morgan fingerprint density at radius 2 is 1.02 bits per heavy atom. The molecular weight excluding hydrogens is 723 g/mol. The minimum Gasteiger partial charge on any atom is -0.466 e. The summed E-state index contributed by atoms with van der Waals surface area (Å²) in [5, 5.41) is 24.8. The molecule has 0 heterocycles. The van der Waals surface area contributed by atoms with Gasteiger partial charge in [-0.1, -0.05) is 168 Å². The maximum Gasteiger partial charge on any atom is 0.306 e. The van der Waals surface area contributed by atoms with Crippen LogP contribution < -0.4 is 10.6 Å². The molecule has 2 unspecified atom stereocenters. The van der Waals surface area contributed by atoms with Crippen molar-refractivity contribution in [1.29, 1.82) is 0 Å². The zero-order chi connectivity index (χ0) is 41.2. The molecule has 0 aromatic rings. The molecule has 4 N–H and O–H groups in total. The van der Waals surface area contributed by atoms with Crippen molar-refractivity contribution in [2.75, 3.05) is 57.5 Å². The lowest BCUT2D eigenvalue weighted by atomic mass is 9.93. The zero-order valence-electron chi connectivity index (χ0n) is 36.9. The SMILES string of the molecule is CCCCCCCCCCCCCCCCOC(=O)CCSCCC(NC(=O)C(CCCCCC)CCCCCCCC)C(=O)NCCCN(CCO)CCO. The number of carbonyl (C=O) groups is 3. The molecule has 332 valence electrons. The van der Waals surface area contributed by atoms with Gasteiger partial charge in [0.05, 0.1) is 26.2 Å². The molecule has 56 heavy (non-hydrogen) atoms. The van der Waals surface area contributed by atoms with Crippen LogP contribution >= 0.6 is 11.8 Å². The van der Waals surface area contributed by atoms with Gasteiger partial charge in [-0.3, -0.25) is 19.3 Å². The first-order chi connectivity index (χ1) is 27.4. The van der Waals surface area contributed by atoms with E-state index < -0.39 is 6.04 Å². The molecule has 10 heteroatoms. The van der Waals surface area contributed by atoms with Crippen LogP contribution in [0.4, 0.5) is 0 Å². The number of hydrogen-bond donors (Lipinski definition) is 4. The normalized spacial score (nSPS) is 12.5. The molecule has 9 nitrogen and oxygen atoms in total. The predicted molar refractivity (Wildman–Crippen MR) is 238 cm³/mol. The fraction of sp³-hybridized carbons (Fsp3) is 0.935. The van der Waals surface area contributed by atoms with Crippen molar-refractivity contribution in [3.63, 3.8) is 0 Å². The molecule has 0 aliphatic carbocycles. The minimum atomic E-state index is -0.629. The number of thioether (sulfide) groups is 1. The molecule has 0 radical (unpaired) electrons.